The minimum absolute atomic E-state index is 0.0282. The first-order chi connectivity index (χ1) is 9.79. The smallest absolute Gasteiger partial charge is 0.165 e. The van der Waals surface area contributed by atoms with E-state index in [1.54, 1.807) is 18.2 Å². The molecule has 3 rings (SSSR count). The molecule has 2 unspecified atom stereocenters. The Labute approximate surface area is 117 Å². The largest absolute Gasteiger partial charge is 0.489 e. The first kappa shape index (κ1) is 12.9. The fourth-order valence-electron chi connectivity index (χ4n) is 2.48. The van der Waals surface area contributed by atoms with Crippen molar-refractivity contribution in [1.82, 2.24) is 5.32 Å². The van der Waals surface area contributed by atoms with E-state index in [0.29, 0.717) is 6.61 Å². The molecule has 104 valence electrons. The second kappa shape index (κ2) is 5.51. The van der Waals surface area contributed by atoms with E-state index in [1.165, 1.54) is 6.07 Å². The van der Waals surface area contributed by atoms with Gasteiger partial charge in [0.25, 0.3) is 0 Å². The number of para-hydroxylation sites is 2. The second-order valence-electron chi connectivity index (χ2n) is 4.70. The first-order valence-corrected chi connectivity index (χ1v) is 6.60. The van der Waals surface area contributed by atoms with E-state index < -0.39 is 0 Å². The zero-order chi connectivity index (χ0) is 13.9. The molecule has 0 amide bonds. The molecular formula is C16H16FNO2. The monoisotopic (exact) mass is 273 g/mol. The molecule has 0 radical (unpaired) electrons. The van der Waals surface area contributed by atoms with Crippen LogP contribution in [0.4, 0.5) is 4.39 Å². The molecule has 1 heterocycles. The van der Waals surface area contributed by atoms with Crippen molar-refractivity contribution in [2.75, 3.05) is 13.7 Å². The molecule has 0 aromatic heterocycles. The summed E-state index contributed by atoms with van der Waals surface area (Å²) in [7, 11) is 1.87. The Morgan fingerprint density at radius 2 is 1.90 bits per heavy atom. The number of benzene rings is 2. The minimum atomic E-state index is -0.360. The van der Waals surface area contributed by atoms with Crippen LogP contribution in [0.5, 0.6) is 11.5 Å². The summed E-state index contributed by atoms with van der Waals surface area (Å²) < 4.78 is 25.2. The van der Waals surface area contributed by atoms with Gasteiger partial charge in [0, 0.05) is 5.56 Å². The van der Waals surface area contributed by atoms with Gasteiger partial charge < -0.3 is 14.8 Å². The van der Waals surface area contributed by atoms with Crippen LogP contribution < -0.4 is 14.8 Å². The SMILES string of the molecule is CNC1c2ccccc2OCC1Oc1ccccc1F. The Kier molecular flexibility index (Phi) is 3.56. The van der Waals surface area contributed by atoms with E-state index in [0.717, 1.165) is 11.3 Å². The van der Waals surface area contributed by atoms with Gasteiger partial charge in [-0.25, -0.2) is 4.39 Å². The van der Waals surface area contributed by atoms with Crippen LogP contribution in [0.3, 0.4) is 0 Å². The number of ether oxygens (including phenoxy) is 2. The Morgan fingerprint density at radius 1 is 1.15 bits per heavy atom. The molecule has 0 spiro atoms. The summed E-state index contributed by atoms with van der Waals surface area (Å²) in [4.78, 5) is 0. The fourth-order valence-corrected chi connectivity index (χ4v) is 2.48. The molecule has 2 aromatic rings. The van der Waals surface area contributed by atoms with Crippen molar-refractivity contribution in [1.29, 1.82) is 0 Å². The predicted molar refractivity (Wildman–Crippen MR) is 74.6 cm³/mol. The minimum Gasteiger partial charge on any atom is -0.489 e. The van der Waals surface area contributed by atoms with Gasteiger partial charge in [0.15, 0.2) is 17.7 Å². The maximum atomic E-state index is 13.7. The van der Waals surface area contributed by atoms with Gasteiger partial charge in [-0.1, -0.05) is 30.3 Å². The maximum Gasteiger partial charge on any atom is 0.165 e. The van der Waals surface area contributed by atoms with E-state index >= 15 is 0 Å². The molecule has 1 N–H and O–H groups in total. The maximum absolute atomic E-state index is 13.7. The molecule has 0 saturated carbocycles. The zero-order valence-electron chi connectivity index (χ0n) is 11.2. The number of rotatable bonds is 3. The Balaban J connectivity index is 1.87. The predicted octanol–water partition coefficient (Wildman–Crippen LogP) is 2.93. The highest BCUT2D eigenvalue weighted by molar-refractivity contribution is 5.39. The summed E-state index contributed by atoms with van der Waals surface area (Å²) in [5, 5.41) is 3.22. The van der Waals surface area contributed by atoms with Crippen molar-refractivity contribution in [3.8, 4) is 11.5 Å². The molecule has 1 aliphatic rings. The van der Waals surface area contributed by atoms with E-state index in [4.69, 9.17) is 9.47 Å². The quantitative estimate of drug-likeness (QED) is 0.932. The molecule has 0 bridgehead atoms. The third-order valence-electron chi connectivity index (χ3n) is 3.45. The highest BCUT2D eigenvalue weighted by atomic mass is 19.1. The van der Waals surface area contributed by atoms with E-state index in [9.17, 15) is 4.39 Å². The second-order valence-corrected chi connectivity index (χ2v) is 4.70. The van der Waals surface area contributed by atoms with Crippen molar-refractivity contribution in [2.45, 2.75) is 12.1 Å². The summed E-state index contributed by atoms with van der Waals surface area (Å²) in [6.07, 6.45) is -0.271. The zero-order valence-corrected chi connectivity index (χ0v) is 11.2. The van der Waals surface area contributed by atoms with Gasteiger partial charge >= 0.3 is 0 Å². The lowest BCUT2D eigenvalue weighted by Crippen LogP contribution is -2.41. The van der Waals surface area contributed by atoms with Gasteiger partial charge in [-0.15, -0.1) is 0 Å². The van der Waals surface area contributed by atoms with Crippen molar-refractivity contribution in [3.63, 3.8) is 0 Å². The summed E-state index contributed by atoms with van der Waals surface area (Å²) in [5.41, 5.74) is 1.03. The van der Waals surface area contributed by atoms with Crippen molar-refractivity contribution in [2.24, 2.45) is 0 Å². The topological polar surface area (TPSA) is 30.5 Å². The lowest BCUT2D eigenvalue weighted by atomic mass is 9.98. The molecule has 2 aromatic carbocycles. The van der Waals surface area contributed by atoms with E-state index in [2.05, 4.69) is 5.32 Å². The summed E-state index contributed by atoms with van der Waals surface area (Å²) >= 11 is 0. The third kappa shape index (κ3) is 2.34. The number of likely N-dealkylation sites (N-methyl/N-ethyl adjacent to an activating group) is 1. The molecule has 2 atom stereocenters. The average molecular weight is 273 g/mol. The molecule has 3 nitrogen and oxygen atoms in total. The molecule has 4 heteroatoms. The van der Waals surface area contributed by atoms with Gasteiger partial charge in [-0.05, 0) is 25.2 Å². The van der Waals surface area contributed by atoms with Gasteiger partial charge in [0.1, 0.15) is 12.4 Å². The van der Waals surface area contributed by atoms with Crippen LogP contribution in [-0.4, -0.2) is 19.8 Å². The van der Waals surface area contributed by atoms with Crippen LogP contribution in [-0.2, 0) is 0 Å². The normalized spacial score (nSPS) is 20.9. The van der Waals surface area contributed by atoms with E-state index in [-0.39, 0.29) is 23.7 Å². The molecule has 20 heavy (non-hydrogen) atoms. The van der Waals surface area contributed by atoms with E-state index in [1.807, 2.05) is 31.3 Å². The van der Waals surface area contributed by atoms with Crippen LogP contribution in [0.2, 0.25) is 0 Å². The molecular weight excluding hydrogens is 257 g/mol. The molecule has 0 fully saturated rings. The number of fused-ring (bicyclic) bond motifs is 1. The summed E-state index contributed by atoms with van der Waals surface area (Å²) in [5.74, 6) is 0.738. The molecule has 0 saturated heterocycles. The Morgan fingerprint density at radius 3 is 2.70 bits per heavy atom. The summed E-state index contributed by atoms with van der Waals surface area (Å²) in [6.45, 7) is 0.386. The van der Waals surface area contributed by atoms with Crippen molar-refractivity contribution >= 4 is 0 Å². The standard InChI is InChI=1S/C16H16FNO2/c1-18-16-11-6-2-4-8-13(11)19-10-15(16)20-14-9-5-3-7-12(14)17/h2-9,15-16,18H,10H2,1H3. The van der Waals surface area contributed by atoms with Gasteiger partial charge in [-0.2, -0.15) is 0 Å². The number of halogens is 1. The number of nitrogens with one attached hydrogen (secondary N) is 1. The van der Waals surface area contributed by atoms with Crippen LogP contribution in [0.25, 0.3) is 0 Å². The third-order valence-corrected chi connectivity index (χ3v) is 3.45. The van der Waals surface area contributed by atoms with Crippen molar-refractivity contribution in [3.05, 3.63) is 59.9 Å². The van der Waals surface area contributed by atoms with Gasteiger partial charge in [-0.3, -0.25) is 0 Å². The summed E-state index contributed by atoms with van der Waals surface area (Å²) in [6, 6.07) is 14.2. The molecule has 1 aliphatic heterocycles. The van der Waals surface area contributed by atoms with Crippen molar-refractivity contribution < 1.29 is 13.9 Å². The lowest BCUT2D eigenvalue weighted by Gasteiger charge is -2.33. The van der Waals surface area contributed by atoms with Gasteiger partial charge in [0.05, 0.1) is 6.04 Å². The van der Waals surface area contributed by atoms with Gasteiger partial charge in [0.2, 0.25) is 0 Å². The first-order valence-electron chi connectivity index (χ1n) is 6.60. The Hall–Kier alpha value is -2.07. The van der Waals surface area contributed by atoms with Crippen LogP contribution in [0.15, 0.2) is 48.5 Å². The highest BCUT2D eigenvalue weighted by Crippen LogP contribution is 2.33. The van der Waals surface area contributed by atoms with Crippen LogP contribution in [0.1, 0.15) is 11.6 Å². The van der Waals surface area contributed by atoms with Crippen LogP contribution >= 0.6 is 0 Å². The molecule has 0 aliphatic carbocycles. The average Bonchev–Trinajstić information content (AvgIpc) is 2.49. The fraction of sp³-hybridized carbons (Fsp3) is 0.250. The number of hydrogen-bond acceptors (Lipinski definition) is 3. The number of hydrogen-bond donors (Lipinski definition) is 1. The lowest BCUT2D eigenvalue weighted by molar-refractivity contribution is 0.0741. The van der Waals surface area contributed by atoms with Crippen LogP contribution in [0, 0.1) is 5.82 Å². The Bertz CT molecular complexity index is 603. The highest BCUT2D eigenvalue weighted by Gasteiger charge is 2.31.